The Morgan fingerprint density at radius 2 is 2.25 bits per heavy atom. The minimum absolute atomic E-state index is 0.222. The molecule has 0 aromatic heterocycles. The third-order valence-electron chi connectivity index (χ3n) is 2.34. The minimum Gasteiger partial charge on any atom is -0.463 e. The van der Waals surface area contributed by atoms with Gasteiger partial charge in [0.05, 0.1) is 6.61 Å². The molecule has 0 aromatic rings. The van der Waals surface area contributed by atoms with E-state index >= 15 is 0 Å². The highest BCUT2D eigenvalue weighted by Crippen LogP contribution is 2.52. The predicted molar refractivity (Wildman–Crippen MR) is 47.7 cm³/mol. The van der Waals surface area contributed by atoms with Gasteiger partial charge in [-0.1, -0.05) is 19.9 Å². The average molecular weight is 168 g/mol. The molecule has 0 aromatic carbocycles. The van der Waals surface area contributed by atoms with E-state index in [9.17, 15) is 4.79 Å². The van der Waals surface area contributed by atoms with Crippen LogP contribution in [-0.2, 0) is 9.53 Å². The Balaban J connectivity index is 2.28. The number of carbonyl (C=O) groups excluding carboxylic acids is 1. The molecule has 1 rings (SSSR count). The molecule has 0 saturated heterocycles. The molecule has 0 bridgehead atoms. The van der Waals surface area contributed by atoms with E-state index in [1.165, 1.54) is 6.42 Å². The van der Waals surface area contributed by atoms with Gasteiger partial charge in [-0.2, -0.15) is 0 Å². The lowest BCUT2D eigenvalue weighted by Crippen LogP contribution is -1.99. The highest BCUT2D eigenvalue weighted by Gasteiger charge is 2.43. The Hall–Kier alpha value is -0.790. The lowest BCUT2D eigenvalue weighted by Gasteiger charge is -1.96. The summed E-state index contributed by atoms with van der Waals surface area (Å²) in [5.41, 5.74) is 0.406. The smallest absolute Gasteiger partial charge is 0.330 e. The fourth-order valence-electron chi connectivity index (χ4n) is 1.22. The summed E-state index contributed by atoms with van der Waals surface area (Å²) < 4.78 is 4.76. The summed E-state index contributed by atoms with van der Waals surface area (Å²) in [5.74, 6) is 0.349. The minimum atomic E-state index is -0.222. The van der Waals surface area contributed by atoms with E-state index in [4.69, 9.17) is 4.74 Å². The highest BCUT2D eigenvalue weighted by atomic mass is 16.5. The Morgan fingerprint density at radius 1 is 1.67 bits per heavy atom. The molecule has 68 valence electrons. The summed E-state index contributed by atoms with van der Waals surface area (Å²) in [6, 6.07) is 0. The Morgan fingerprint density at radius 3 is 2.67 bits per heavy atom. The summed E-state index contributed by atoms with van der Waals surface area (Å²) in [5, 5.41) is 0. The van der Waals surface area contributed by atoms with Crippen molar-refractivity contribution in [3.8, 4) is 0 Å². The molecule has 1 aliphatic rings. The van der Waals surface area contributed by atoms with E-state index in [2.05, 4.69) is 13.8 Å². The molecule has 0 aliphatic heterocycles. The second kappa shape index (κ2) is 3.30. The highest BCUT2D eigenvalue weighted by molar-refractivity contribution is 5.81. The van der Waals surface area contributed by atoms with Crippen molar-refractivity contribution in [2.45, 2.75) is 27.2 Å². The van der Waals surface area contributed by atoms with Gasteiger partial charge in [-0.05, 0) is 24.7 Å². The number of ether oxygens (including phenoxy) is 1. The summed E-state index contributed by atoms with van der Waals surface area (Å²) in [4.78, 5) is 10.9. The van der Waals surface area contributed by atoms with Crippen molar-refractivity contribution in [1.29, 1.82) is 0 Å². The van der Waals surface area contributed by atoms with E-state index in [1.807, 2.05) is 13.0 Å². The standard InChI is InChI=1S/C10H16O2/c1-4-12-9(11)6-5-8-7-10(8,2)3/h5-6,8H,4,7H2,1-3H3. The second-order valence-electron chi connectivity index (χ2n) is 3.91. The molecule has 0 spiro atoms. The summed E-state index contributed by atoms with van der Waals surface area (Å²) >= 11 is 0. The van der Waals surface area contributed by atoms with Gasteiger partial charge in [-0.3, -0.25) is 0 Å². The summed E-state index contributed by atoms with van der Waals surface area (Å²) in [6.45, 7) is 6.67. The van der Waals surface area contributed by atoms with Gasteiger partial charge in [-0.15, -0.1) is 0 Å². The van der Waals surface area contributed by atoms with Crippen LogP contribution in [0.15, 0.2) is 12.2 Å². The Labute approximate surface area is 73.6 Å². The van der Waals surface area contributed by atoms with E-state index in [0.29, 0.717) is 17.9 Å². The maximum atomic E-state index is 10.9. The molecule has 2 heteroatoms. The van der Waals surface area contributed by atoms with Gasteiger partial charge in [0.15, 0.2) is 0 Å². The van der Waals surface area contributed by atoms with E-state index < -0.39 is 0 Å². The van der Waals surface area contributed by atoms with Crippen LogP contribution in [0.5, 0.6) is 0 Å². The molecule has 1 atom stereocenters. The third kappa shape index (κ3) is 2.36. The van der Waals surface area contributed by atoms with Crippen molar-refractivity contribution in [2.24, 2.45) is 11.3 Å². The molecule has 0 heterocycles. The van der Waals surface area contributed by atoms with Crippen LogP contribution in [0.25, 0.3) is 0 Å². The number of esters is 1. The van der Waals surface area contributed by atoms with Gasteiger partial charge in [0.25, 0.3) is 0 Å². The number of rotatable bonds is 3. The first-order valence-electron chi connectivity index (χ1n) is 4.41. The Bertz CT molecular complexity index is 204. The zero-order valence-electron chi connectivity index (χ0n) is 7.96. The van der Waals surface area contributed by atoms with Crippen LogP contribution in [0, 0.1) is 11.3 Å². The van der Waals surface area contributed by atoms with Crippen molar-refractivity contribution >= 4 is 5.97 Å². The van der Waals surface area contributed by atoms with Gasteiger partial charge in [-0.25, -0.2) is 4.79 Å². The van der Waals surface area contributed by atoms with Crippen LogP contribution >= 0.6 is 0 Å². The lowest BCUT2D eigenvalue weighted by atomic mass is 10.1. The molecule has 1 unspecified atom stereocenters. The van der Waals surface area contributed by atoms with Crippen molar-refractivity contribution in [3.63, 3.8) is 0 Å². The van der Waals surface area contributed by atoms with E-state index in [1.54, 1.807) is 6.08 Å². The molecule has 0 radical (unpaired) electrons. The van der Waals surface area contributed by atoms with Crippen molar-refractivity contribution < 1.29 is 9.53 Å². The van der Waals surface area contributed by atoms with Crippen LogP contribution in [0.1, 0.15) is 27.2 Å². The molecule has 0 amide bonds. The first-order chi connectivity index (χ1) is 5.56. The molecule has 1 aliphatic carbocycles. The first-order valence-corrected chi connectivity index (χ1v) is 4.41. The molecule has 1 fully saturated rings. The zero-order chi connectivity index (χ0) is 9.19. The number of hydrogen-bond donors (Lipinski definition) is 0. The first kappa shape index (κ1) is 9.30. The fraction of sp³-hybridized carbons (Fsp3) is 0.700. The van der Waals surface area contributed by atoms with Crippen molar-refractivity contribution in [1.82, 2.24) is 0 Å². The van der Waals surface area contributed by atoms with Crippen LogP contribution < -0.4 is 0 Å². The second-order valence-corrected chi connectivity index (χ2v) is 3.91. The van der Waals surface area contributed by atoms with Gasteiger partial charge in [0.2, 0.25) is 0 Å². The van der Waals surface area contributed by atoms with Crippen LogP contribution in [0.2, 0.25) is 0 Å². The molecule has 12 heavy (non-hydrogen) atoms. The molecular weight excluding hydrogens is 152 g/mol. The van der Waals surface area contributed by atoms with Gasteiger partial charge in [0, 0.05) is 6.08 Å². The number of carbonyl (C=O) groups is 1. The maximum Gasteiger partial charge on any atom is 0.330 e. The normalized spacial score (nSPS) is 25.8. The molecule has 1 saturated carbocycles. The SMILES string of the molecule is CCOC(=O)C=CC1CC1(C)C. The molecular formula is C10H16O2. The number of allylic oxidation sites excluding steroid dienone is 1. The van der Waals surface area contributed by atoms with Gasteiger partial charge in [0.1, 0.15) is 0 Å². The van der Waals surface area contributed by atoms with E-state index in [-0.39, 0.29) is 5.97 Å². The topological polar surface area (TPSA) is 26.3 Å². The monoisotopic (exact) mass is 168 g/mol. The fourth-order valence-corrected chi connectivity index (χ4v) is 1.22. The Kier molecular flexibility index (Phi) is 2.55. The average Bonchev–Trinajstić information content (AvgIpc) is 2.56. The maximum absolute atomic E-state index is 10.9. The lowest BCUT2D eigenvalue weighted by molar-refractivity contribution is -0.137. The van der Waals surface area contributed by atoms with Crippen LogP contribution in [0.3, 0.4) is 0 Å². The van der Waals surface area contributed by atoms with Gasteiger partial charge < -0.3 is 4.74 Å². The van der Waals surface area contributed by atoms with Crippen molar-refractivity contribution in [2.75, 3.05) is 6.61 Å². The number of hydrogen-bond acceptors (Lipinski definition) is 2. The summed E-state index contributed by atoms with van der Waals surface area (Å²) in [6.07, 6.45) is 4.68. The quantitative estimate of drug-likeness (QED) is 0.477. The molecule has 0 N–H and O–H groups in total. The predicted octanol–water partition coefficient (Wildman–Crippen LogP) is 2.15. The van der Waals surface area contributed by atoms with E-state index in [0.717, 1.165) is 0 Å². The summed E-state index contributed by atoms with van der Waals surface area (Å²) in [7, 11) is 0. The van der Waals surface area contributed by atoms with Crippen molar-refractivity contribution in [3.05, 3.63) is 12.2 Å². The van der Waals surface area contributed by atoms with Gasteiger partial charge >= 0.3 is 5.97 Å². The van der Waals surface area contributed by atoms with Crippen LogP contribution in [0.4, 0.5) is 0 Å². The third-order valence-corrected chi connectivity index (χ3v) is 2.34. The zero-order valence-corrected chi connectivity index (χ0v) is 7.96. The van der Waals surface area contributed by atoms with Crippen LogP contribution in [-0.4, -0.2) is 12.6 Å². The largest absolute Gasteiger partial charge is 0.463 e. The molecule has 2 nitrogen and oxygen atoms in total.